The fourth-order valence-corrected chi connectivity index (χ4v) is 1.36. The molecule has 0 atom stereocenters. The molecule has 2 rings (SSSR count). The largest absolute Gasteiger partial charge is 0.361 e. The van der Waals surface area contributed by atoms with E-state index in [1.165, 1.54) is 0 Å². The van der Waals surface area contributed by atoms with E-state index in [4.69, 9.17) is 4.52 Å². The van der Waals surface area contributed by atoms with E-state index in [9.17, 15) is 0 Å². The standard InChI is InChI=1S/C10H10N2O/c1-7-10(8(2)13-12-7)9-5-3-4-6-11-9/h3-6H,1-2H3. The molecule has 0 aliphatic heterocycles. The summed E-state index contributed by atoms with van der Waals surface area (Å²) < 4.78 is 5.06. The first kappa shape index (κ1) is 7.98. The topological polar surface area (TPSA) is 38.9 Å². The van der Waals surface area contributed by atoms with Crippen LogP contribution in [0.15, 0.2) is 28.9 Å². The summed E-state index contributed by atoms with van der Waals surface area (Å²) in [5.41, 5.74) is 2.80. The lowest BCUT2D eigenvalue weighted by Gasteiger charge is -1.96. The summed E-state index contributed by atoms with van der Waals surface area (Å²) >= 11 is 0. The summed E-state index contributed by atoms with van der Waals surface area (Å²) in [6.45, 7) is 3.81. The van der Waals surface area contributed by atoms with Crippen LogP contribution in [0.4, 0.5) is 0 Å². The quantitative estimate of drug-likeness (QED) is 0.666. The van der Waals surface area contributed by atoms with Crippen LogP contribution < -0.4 is 0 Å². The maximum absolute atomic E-state index is 5.06. The summed E-state index contributed by atoms with van der Waals surface area (Å²) in [4.78, 5) is 4.24. The summed E-state index contributed by atoms with van der Waals surface area (Å²) in [5, 5.41) is 3.88. The molecule has 0 radical (unpaired) electrons. The molecule has 0 aliphatic rings. The normalized spacial score (nSPS) is 10.3. The molecule has 2 heterocycles. The van der Waals surface area contributed by atoms with Gasteiger partial charge in [-0.25, -0.2) is 0 Å². The molecule has 0 N–H and O–H groups in total. The third-order valence-electron chi connectivity index (χ3n) is 1.95. The third kappa shape index (κ3) is 1.33. The molecule has 0 spiro atoms. The highest BCUT2D eigenvalue weighted by Crippen LogP contribution is 2.23. The molecule has 3 nitrogen and oxygen atoms in total. The monoisotopic (exact) mass is 174 g/mol. The SMILES string of the molecule is Cc1noc(C)c1-c1ccccn1. The van der Waals surface area contributed by atoms with Gasteiger partial charge in [0, 0.05) is 6.20 Å². The molecule has 0 amide bonds. The van der Waals surface area contributed by atoms with Crippen molar-refractivity contribution in [3.05, 3.63) is 35.9 Å². The average molecular weight is 174 g/mol. The summed E-state index contributed by atoms with van der Waals surface area (Å²) in [7, 11) is 0. The highest BCUT2D eigenvalue weighted by Gasteiger charge is 2.11. The lowest BCUT2D eigenvalue weighted by molar-refractivity contribution is 0.393. The molecule has 3 heteroatoms. The zero-order valence-electron chi connectivity index (χ0n) is 7.61. The van der Waals surface area contributed by atoms with Crippen molar-refractivity contribution in [3.63, 3.8) is 0 Å². The molecule has 0 saturated carbocycles. The van der Waals surface area contributed by atoms with E-state index in [0.29, 0.717) is 0 Å². The second kappa shape index (κ2) is 3.01. The summed E-state index contributed by atoms with van der Waals surface area (Å²) in [5.74, 6) is 0.816. The van der Waals surface area contributed by atoms with Gasteiger partial charge in [-0.2, -0.15) is 0 Å². The van der Waals surface area contributed by atoms with Gasteiger partial charge in [0.05, 0.1) is 17.0 Å². The number of rotatable bonds is 1. The molecule has 0 aromatic carbocycles. The Kier molecular flexibility index (Phi) is 1.85. The lowest BCUT2D eigenvalue weighted by Crippen LogP contribution is -1.84. The Morgan fingerprint density at radius 2 is 2.08 bits per heavy atom. The van der Waals surface area contributed by atoms with Crippen molar-refractivity contribution in [2.24, 2.45) is 0 Å². The van der Waals surface area contributed by atoms with E-state index in [1.807, 2.05) is 32.0 Å². The van der Waals surface area contributed by atoms with E-state index in [0.717, 1.165) is 22.7 Å². The fourth-order valence-electron chi connectivity index (χ4n) is 1.36. The molecule has 0 aliphatic carbocycles. The minimum Gasteiger partial charge on any atom is -0.361 e. The van der Waals surface area contributed by atoms with Crippen LogP contribution in [0.5, 0.6) is 0 Å². The maximum Gasteiger partial charge on any atom is 0.143 e. The van der Waals surface area contributed by atoms with Gasteiger partial charge in [0.2, 0.25) is 0 Å². The smallest absolute Gasteiger partial charge is 0.143 e. The van der Waals surface area contributed by atoms with Gasteiger partial charge in [-0.05, 0) is 26.0 Å². The minimum absolute atomic E-state index is 0.816. The van der Waals surface area contributed by atoms with Gasteiger partial charge in [-0.3, -0.25) is 4.98 Å². The predicted octanol–water partition coefficient (Wildman–Crippen LogP) is 2.35. The van der Waals surface area contributed by atoms with E-state index in [1.54, 1.807) is 6.20 Å². The van der Waals surface area contributed by atoms with E-state index < -0.39 is 0 Å². The van der Waals surface area contributed by atoms with Gasteiger partial charge in [0.15, 0.2) is 0 Å². The van der Waals surface area contributed by atoms with Gasteiger partial charge in [0.1, 0.15) is 5.76 Å². The fraction of sp³-hybridized carbons (Fsp3) is 0.200. The molecule has 0 saturated heterocycles. The zero-order valence-corrected chi connectivity index (χ0v) is 7.61. The van der Waals surface area contributed by atoms with Crippen molar-refractivity contribution in [2.45, 2.75) is 13.8 Å². The first-order valence-electron chi connectivity index (χ1n) is 4.13. The Morgan fingerprint density at radius 1 is 1.23 bits per heavy atom. The zero-order chi connectivity index (χ0) is 9.26. The molecular weight excluding hydrogens is 164 g/mol. The van der Waals surface area contributed by atoms with Crippen LogP contribution in [-0.2, 0) is 0 Å². The Hall–Kier alpha value is -1.64. The molecule has 0 bridgehead atoms. The molecule has 2 aromatic rings. The lowest BCUT2D eigenvalue weighted by atomic mass is 10.1. The van der Waals surface area contributed by atoms with E-state index in [-0.39, 0.29) is 0 Å². The van der Waals surface area contributed by atoms with Crippen LogP contribution >= 0.6 is 0 Å². The Labute approximate surface area is 76.4 Å². The summed E-state index contributed by atoms with van der Waals surface area (Å²) in [6.07, 6.45) is 1.77. The first-order valence-corrected chi connectivity index (χ1v) is 4.13. The highest BCUT2D eigenvalue weighted by molar-refractivity contribution is 5.63. The van der Waals surface area contributed by atoms with Crippen LogP contribution in [0, 0.1) is 13.8 Å². The van der Waals surface area contributed by atoms with Crippen LogP contribution in [0.1, 0.15) is 11.5 Å². The molecule has 0 unspecified atom stereocenters. The van der Waals surface area contributed by atoms with Crippen molar-refractivity contribution >= 4 is 0 Å². The number of nitrogens with zero attached hydrogens (tertiary/aromatic N) is 2. The van der Waals surface area contributed by atoms with Crippen molar-refractivity contribution in [3.8, 4) is 11.3 Å². The van der Waals surface area contributed by atoms with Crippen LogP contribution in [0.2, 0.25) is 0 Å². The number of aryl methyl sites for hydroxylation is 2. The van der Waals surface area contributed by atoms with E-state index in [2.05, 4.69) is 10.1 Å². The number of aromatic nitrogens is 2. The van der Waals surface area contributed by atoms with Crippen molar-refractivity contribution in [1.29, 1.82) is 0 Å². The molecule has 2 aromatic heterocycles. The van der Waals surface area contributed by atoms with Crippen LogP contribution in [-0.4, -0.2) is 10.1 Å². The van der Waals surface area contributed by atoms with Gasteiger partial charge >= 0.3 is 0 Å². The predicted molar refractivity (Wildman–Crippen MR) is 49.2 cm³/mol. The minimum atomic E-state index is 0.816. The van der Waals surface area contributed by atoms with E-state index >= 15 is 0 Å². The Bertz CT molecular complexity index is 387. The maximum atomic E-state index is 5.06. The molecule has 13 heavy (non-hydrogen) atoms. The Morgan fingerprint density at radius 3 is 2.62 bits per heavy atom. The van der Waals surface area contributed by atoms with Gasteiger partial charge < -0.3 is 4.52 Å². The molecular formula is C10H10N2O. The number of hydrogen-bond acceptors (Lipinski definition) is 3. The van der Waals surface area contributed by atoms with Gasteiger partial charge in [-0.1, -0.05) is 11.2 Å². The number of pyridine rings is 1. The second-order valence-corrected chi connectivity index (χ2v) is 2.91. The summed E-state index contributed by atoms with van der Waals surface area (Å²) in [6, 6.07) is 5.79. The van der Waals surface area contributed by atoms with Crippen molar-refractivity contribution in [2.75, 3.05) is 0 Å². The first-order chi connectivity index (χ1) is 6.29. The van der Waals surface area contributed by atoms with Crippen molar-refractivity contribution < 1.29 is 4.52 Å². The van der Waals surface area contributed by atoms with Crippen LogP contribution in [0.25, 0.3) is 11.3 Å². The molecule has 0 fully saturated rings. The highest BCUT2D eigenvalue weighted by atomic mass is 16.5. The number of hydrogen-bond donors (Lipinski definition) is 0. The van der Waals surface area contributed by atoms with Crippen LogP contribution in [0.3, 0.4) is 0 Å². The van der Waals surface area contributed by atoms with Gasteiger partial charge in [-0.15, -0.1) is 0 Å². The second-order valence-electron chi connectivity index (χ2n) is 2.91. The molecule has 66 valence electrons. The van der Waals surface area contributed by atoms with Crippen molar-refractivity contribution in [1.82, 2.24) is 10.1 Å². The third-order valence-corrected chi connectivity index (χ3v) is 1.95. The Balaban J connectivity index is 2.59. The average Bonchev–Trinajstić information content (AvgIpc) is 2.48. The van der Waals surface area contributed by atoms with Gasteiger partial charge in [0.25, 0.3) is 0 Å².